The number of amides is 1. The van der Waals surface area contributed by atoms with Crippen LogP contribution in [0.4, 0.5) is 15.8 Å². The average molecular weight is 326 g/mol. The summed E-state index contributed by atoms with van der Waals surface area (Å²) in [7, 11) is 0. The van der Waals surface area contributed by atoms with Gasteiger partial charge in [0.2, 0.25) is 5.91 Å². The minimum absolute atomic E-state index is 0.0212. The molecule has 0 spiro atoms. The molecule has 3 rings (SSSR count). The lowest BCUT2D eigenvalue weighted by Gasteiger charge is -2.23. The Morgan fingerprint density at radius 1 is 1.21 bits per heavy atom. The first-order valence-corrected chi connectivity index (χ1v) is 8.53. The fourth-order valence-corrected chi connectivity index (χ4v) is 3.27. The molecule has 1 heterocycles. The van der Waals surface area contributed by atoms with Crippen LogP contribution in [0.5, 0.6) is 0 Å². The van der Waals surface area contributed by atoms with Gasteiger partial charge in [-0.05, 0) is 30.5 Å². The standard InChI is InChI=1S/C20H23FN2O/c1-2-17(15-8-4-3-5-9-15)20(24)22-18-10-6-7-11-19(18)23-13-12-16(21)14-23/h3-11,16-17H,2,12-14H2,1H3,(H,22,24)/t16-,17-/m0/s1. The summed E-state index contributed by atoms with van der Waals surface area (Å²) in [6, 6.07) is 17.5. The molecule has 24 heavy (non-hydrogen) atoms. The molecular weight excluding hydrogens is 303 g/mol. The van der Waals surface area contributed by atoms with Crippen LogP contribution in [0, 0.1) is 0 Å². The van der Waals surface area contributed by atoms with Gasteiger partial charge < -0.3 is 10.2 Å². The van der Waals surface area contributed by atoms with Crippen molar-refractivity contribution in [2.45, 2.75) is 31.9 Å². The summed E-state index contributed by atoms with van der Waals surface area (Å²) in [6.07, 6.45) is 0.486. The number of benzene rings is 2. The Bertz CT molecular complexity index is 689. The zero-order valence-corrected chi connectivity index (χ0v) is 13.9. The third-order valence-electron chi connectivity index (χ3n) is 4.56. The molecule has 2 aromatic rings. The van der Waals surface area contributed by atoms with E-state index in [1.54, 1.807) is 0 Å². The van der Waals surface area contributed by atoms with E-state index in [4.69, 9.17) is 0 Å². The van der Waals surface area contributed by atoms with Gasteiger partial charge in [0.15, 0.2) is 0 Å². The van der Waals surface area contributed by atoms with Crippen molar-refractivity contribution in [3.05, 3.63) is 60.2 Å². The fourth-order valence-electron chi connectivity index (χ4n) is 3.27. The van der Waals surface area contributed by atoms with Crippen LogP contribution >= 0.6 is 0 Å². The second-order valence-corrected chi connectivity index (χ2v) is 6.21. The number of rotatable bonds is 5. The molecule has 1 amide bonds. The third-order valence-corrected chi connectivity index (χ3v) is 4.56. The Morgan fingerprint density at radius 2 is 1.92 bits per heavy atom. The molecule has 0 bridgehead atoms. The molecular formula is C20H23FN2O. The lowest BCUT2D eigenvalue weighted by Crippen LogP contribution is -2.25. The minimum atomic E-state index is -0.790. The van der Waals surface area contributed by atoms with Gasteiger partial charge in [0.1, 0.15) is 6.17 Å². The number of carbonyl (C=O) groups is 1. The molecule has 0 unspecified atom stereocenters. The first kappa shape index (κ1) is 16.5. The van der Waals surface area contributed by atoms with Gasteiger partial charge >= 0.3 is 0 Å². The monoisotopic (exact) mass is 326 g/mol. The first-order valence-electron chi connectivity index (χ1n) is 8.53. The number of hydrogen-bond acceptors (Lipinski definition) is 2. The van der Waals surface area contributed by atoms with Crippen LogP contribution in [-0.4, -0.2) is 25.2 Å². The molecule has 0 aromatic heterocycles. The highest BCUT2D eigenvalue weighted by Crippen LogP contribution is 2.31. The topological polar surface area (TPSA) is 32.3 Å². The molecule has 1 aliphatic rings. The van der Waals surface area contributed by atoms with E-state index in [9.17, 15) is 9.18 Å². The summed E-state index contributed by atoms with van der Waals surface area (Å²) in [4.78, 5) is 14.8. The minimum Gasteiger partial charge on any atom is -0.367 e. The van der Waals surface area contributed by atoms with E-state index >= 15 is 0 Å². The average Bonchev–Trinajstić information content (AvgIpc) is 3.03. The number of nitrogens with one attached hydrogen (secondary N) is 1. The molecule has 2 atom stereocenters. The van der Waals surface area contributed by atoms with Crippen molar-refractivity contribution in [3.8, 4) is 0 Å². The lowest BCUT2D eigenvalue weighted by atomic mass is 9.95. The number of halogens is 1. The van der Waals surface area contributed by atoms with E-state index in [0.717, 1.165) is 23.4 Å². The van der Waals surface area contributed by atoms with Crippen LogP contribution in [0.25, 0.3) is 0 Å². The second kappa shape index (κ2) is 7.47. The van der Waals surface area contributed by atoms with Crippen LogP contribution < -0.4 is 10.2 Å². The van der Waals surface area contributed by atoms with E-state index in [1.807, 2.05) is 66.4 Å². The van der Waals surface area contributed by atoms with E-state index < -0.39 is 6.17 Å². The Balaban J connectivity index is 1.79. The van der Waals surface area contributed by atoms with Gasteiger partial charge in [0, 0.05) is 13.1 Å². The number of nitrogens with zero attached hydrogens (tertiary/aromatic N) is 1. The summed E-state index contributed by atoms with van der Waals surface area (Å²) < 4.78 is 13.5. The maximum absolute atomic E-state index is 13.5. The third kappa shape index (κ3) is 3.58. The predicted octanol–water partition coefficient (Wildman–Crippen LogP) is 4.37. The van der Waals surface area contributed by atoms with Crippen LogP contribution in [-0.2, 0) is 4.79 Å². The van der Waals surface area contributed by atoms with Crippen molar-refractivity contribution in [2.75, 3.05) is 23.3 Å². The molecule has 1 fully saturated rings. The Hall–Kier alpha value is -2.36. The quantitative estimate of drug-likeness (QED) is 0.885. The van der Waals surface area contributed by atoms with Crippen molar-refractivity contribution in [2.24, 2.45) is 0 Å². The first-order chi connectivity index (χ1) is 11.7. The number of para-hydroxylation sites is 2. The molecule has 1 aliphatic heterocycles. The molecule has 2 aromatic carbocycles. The van der Waals surface area contributed by atoms with Gasteiger partial charge in [-0.2, -0.15) is 0 Å². The largest absolute Gasteiger partial charge is 0.367 e. The highest BCUT2D eigenvalue weighted by atomic mass is 19.1. The maximum Gasteiger partial charge on any atom is 0.231 e. The number of hydrogen-bond donors (Lipinski definition) is 1. The summed E-state index contributed by atoms with van der Waals surface area (Å²) in [5, 5.41) is 3.05. The van der Waals surface area contributed by atoms with E-state index in [2.05, 4.69) is 5.32 Å². The normalized spacial score (nSPS) is 18.4. The van der Waals surface area contributed by atoms with Gasteiger partial charge in [0.25, 0.3) is 0 Å². The number of anilines is 2. The number of carbonyl (C=O) groups excluding carboxylic acids is 1. The summed E-state index contributed by atoms with van der Waals surface area (Å²) in [5.41, 5.74) is 2.67. The predicted molar refractivity (Wildman–Crippen MR) is 96.3 cm³/mol. The molecule has 126 valence electrons. The zero-order valence-electron chi connectivity index (χ0n) is 13.9. The SMILES string of the molecule is CC[C@H](C(=O)Nc1ccccc1N1CC[C@H](F)C1)c1ccccc1. The summed E-state index contributed by atoms with van der Waals surface area (Å²) >= 11 is 0. The second-order valence-electron chi connectivity index (χ2n) is 6.21. The Labute approximate surface area is 142 Å². The van der Waals surface area contributed by atoms with Crippen LogP contribution in [0.15, 0.2) is 54.6 Å². The van der Waals surface area contributed by atoms with Crippen molar-refractivity contribution >= 4 is 17.3 Å². The maximum atomic E-state index is 13.5. The molecule has 0 saturated carbocycles. The van der Waals surface area contributed by atoms with Crippen LogP contribution in [0.3, 0.4) is 0 Å². The molecule has 0 radical (unpaired) electrons. The van der Waals surface area contributed by atoms with E-state index in [-0.39, 0.29) is 11.8 Å². The van der Waals surface area contributed by atoms with Gasteiger partial charge in [-0.15, -0.1) is 0 Å². The number of alkyl halides is 1. The molecule has 3 nitrogen and oxygen atoms in total. The molecule has 4 heteroatoms. The zero-order chi connectivity index (χ0) is 16.9. The Morgan fingerprint density at radius 3 is 2.58 bits per heavy atom. The van der Waals surface area contributed by atoms with Gasteiger partial charge in [-0.3, -0.25) is 4.79 Å². The van der Waals surface area contributed by atoms with Crippen molar-refractivity contribution in [1.29, 1.82) is 0 Å². The van der Waals surface area contributed by atoms with Crippen molar-refractivity contribution in [1.82, 2.24) is 0 Å². The van der Waals surface area contributed by atoms with Gasteiger partial charge in [-0.1, -0.05) is 49.4 Å². The molecule has 0 aliphatic carbocycles. The molecule has 1 saturated heterocycles. The highest BCUT2D eigenvalue weighted by molar-refractivity contribution is 5.98. The molecule has 1 N–H and O–H groups in total. The van der Waals surface area contributed by atoms with Gasteiger partial charge in [0.05, 0.1) is 17.3 Å². The van der Waals surface area contributed by atoms with Crippen LogP contribution in [0.1, 0.15) is 31.2 Å². The smallest absolute Gasteiger partial charge is 0.231 e. The Kier molecular flexibility index (Phi) is 5.14. The highest BCUT2D eigenvalue weighted by Gasteiger charge is 2.25. The van der Waals surface area contributed by atoms with Gasteiger partial charge in [-0.25, -0.2) is 4.39 Å². The van der Waals surface area contributed by atoms with Crippen molar-refractivity contribution in [3.63, 3.8) is 0 Å². The van der Waals surface area contributed by atoms with E-state index in [0.29, 0.717) is 19.5 Å². The van der Waals surface area contributed by atoms with Crippen molar-refractivity contribution < 1.29 is 9.18 Å². The van der Waals surface area contributed by atoms with Crippen LogP contribution in [0.2, 0.25) is 0 Å². The fraction of sp³-hybridized carbons (Fsp3) is 0.350. The van der Waals surface area contributed by atoms with E-state index in [1.165, 1.54) is 0 Å². The lowest BCUT2D eigenvalue weighted by molar-refractivity contribution is -0.117. The summed E-state index contributed by atoms with van der Waals surface area (Å²) in [6.45, 7) is 3.09. The summed E-state index contributed by atoms with van der Waals surface area (Å²) in [5.74, 6) is -0.209.